The molecule has 1 aromatic rings. The first-order chi connectivity index (χ1) is 15.0. The first kappa shape index (κ1) is 24.7. The predicted octanol–water partition coefficient (Wildman–Crippen LogP) is 9.57. The van der Waals surface area contributed by atoms with E-state index in [0.29, 0.717) is 11.3 Å². The zero-order valence-corrected chi connectivity index (χ0v) is 20.3. The lowest BCUT2D eigenvalue weighted by Gasteiger charge is -2.38. The third-order valence-corrected chi connectivity index (χ3v) is 8.52. The fraction of sp³-hybridized carbons (Fsp3) is 0.750. The van der Waals surface area contributed by atoms with Crippen LogP contribution in [0.5, 0.6) is 0 Å². The molecule has 2 fully saturated rings. The molecule has 2 aliphatic carbocycles. The van der Waals surface area contributed by atoms with Gasteiger partial charge in [0.2, 0.25) is 0 Å². The molecule has 1 nitrogen and oxygen atoms in total. The summed E-state index contributed by atoms with van der Waals surface area (Å²) in [5, 5.41) is -0.715. The molecule has 0 unspecified atom stereocenters. The Morgan fingerprint density at radius 1 is 1.00 bits per heavy atom. The fourth-order valence-corrected chi connectivity index (χ4v) is 6.49. The minimum atomic E-state index is -0.715. The van der Waals surface area contributed by atoms with Crippen molar-refractivity contribution in [2.75, 3.05) is 0 Å². The first-order valence-electron chi connectivity index (χ1n) is 13.0. The molecule has 0 spiro atoms. The van der Waals surface area contributed by atoms with E-state index in [1.807, 2.05) is 6.07 Å². The molecule has 0 aliphatic heterocycles. The van der Waals surface area contributed by atoms with Crippen LogP contribution in [-0.4, -0.2) is 5.24 Å². The summed E-state index contributed by atoms with van der Waals surface area (Å²) in [6, 6.07) is 4.97. The van der Waals surface area contributed by atoms with Crippen LogP contribution in [0.1, 0.15) is 138 Å². The van der Waals surface area contributed by atoms with Gasteiger partial charge in [0.05, 0.1) is 5.56 Å². The minimum absolute atomic E-state index is 0.00969. The largest absolute Gasteiger partial charge is 0.275 e. The van der Waals surface area contributed by atoms with Crippen molar-refractivity contribution in [1.29, 1.82) is 0 Å². The quantitative estimate of drug-likeness (QED) is 0.243. The maximum Gasteiger partial charge on any atom is 0.255 e. The van der Waals surface area contributed by atoms with Gasteiger partial charge in [-0.3, -0.25) is 4.79 Å². The highest BCUT2D eigenvalue weighted by Crippen LogP contribution is 2.45. The number of carbonyl (C=O) groups excluding carboxylic acids is 1. The molecule has 0 atom stereocenters. The summed E-state index contributed by atoms with van der Waals surface area (Å²) in [4.78, 5) is 11.2. The van der Waals surface area contributed by atoms with Crippen LogP contribution in [0.15, 0.2) is 18.2 Å². The van der Waals surface area contributed by atoms with E-state index in [0.717, 1.165) is 24.3 Å². The van der Waals surface area contributed by atoms with Crippen molar-refractivity contribution in [1.82, 2.24) is 0 Å². The molecule has 31 heavy (non-hydrogen) atoms. The highest BCUT2D eigenvalue weighted by molar-refractivity contribution is 6.67. The van der Waals surface area contributed by atoms with Gasteiger partial charge in [-0.1, -0.05) is 70.8 Å². The molecular formula is C28H42ClFO. The van der Waals surface area contributed by atoms with Gasteiger partial charge < -0.3 is 0 Å². The summed E-state index contributed by atoms with van der Waals surface area (Å²) in [5.74, 6) is 0.789. The summed E-state index contributed by atoms with van der Waals surface area (Å²) in [5.41, 5.74) is 1.69. The van der Waals surface area contributed by atoms with E-state index in [9.17, 15) is 9.18 Å². The average molecular weight is 449 g/mol. The molecule has 3 rings (SSSR count). The van der Waals surface area contributed by atoms with Gasteiger partial charge in [-0.2, -0.15) is 0 Å². The standard InChI is InChI=1S/C28H42ClFO/c1-2-3-6-17-28(18-7-4-8-19-28)20-9-5-10-22-11-13-23(14-12-22)24-15-16-25(27(29)31)26(30)21-24/h15-16,21-23H,2-14,17-20H2,1H3. The second kappa shape index (κ2) is 12.4. The van der Waals surface area contributed by atoms with Gasteiger partial charge in [0.1, 0.15) is 5.82 Å². The third kappa shape index (κ3) is 7.31. The lowest BCUT2D eigenvalue weighted by molar-refractivity contribution is 0.107. The molecule has 174 valence electrons. The summed E-state index contributed by atoms with van der Waals surface area (Å²) in [6.45, 7) is 2.31. The van der Waals surface area contributed by atoms with Gasteiger partial charge >= 0.3 is 0 Å². The highest BCUT2D eigenvalue weighted by atomic mass is 35.5. The SMILES string of the molecule is CCCCCC1(CCCCC2CCC(c3ccc(C(=O)Cl)c(F)c3)CC2)CCCCC1. The molecule has 0 N–H and O–H groups in total. The third-order valence-electron chi connectivity index (χ3n) is 8.32. The van der Waals surface area contributed by atoms with Crippen molar-refractivity contribution in [2.24, 2.45) is 11.3 Å². The van der Waals surface area contributed by atoms with Crippen LogP contribution in [0.3, 0.4) is 0 Å². The Balaban J connectivity index is 1.39. The number of hydrogen-bond donors (Lipinski definition) is 0. The predicted molar refractivity (Wildman–Crippen MR) is 129 cm³/mol. The van der Waals surface area contributed by atoms with Crippen LogP contribution < -0.4 is 0 Å². The summed E-state index contributed by atoms with van der Waals surface area (Å²) in [7, 11) is 0. The van der Waals surface area contributed by atoms with Crippen LogP contribution in [0.2, 0.25) is 0 Å². The van der Waals surface area contributed by atoms with Crippen molar-refractivity contribution in [3.63, 3.8) is 0 Å². The van der Waals surface area contributed by atoms with Gasteiger partial charge in [-0.25, -0.2) is 4.39 Å². The van der Waals surface area contributed by atoms with Crippen molar-refractivity contribution < 1.29 is 9.18 Å². The summed E-state index contributed by atoms with van der Waals surface area (Å²) in [6.07, 6.45) is 23.4. The van der Waals surface area contributed by atoms with Crippen molar-refractivity contribution in [3.05, 3.63) is 35.1 Å². The molecule has 0 saturated heterocycles. The molecule has 0 bridgehead atoms. The Kier molecular flexibility index (Phi) is 9.88. The number of rotatable bonds is 11. The van der Waals surface area contributed by atoms with Crippen LogP contribution in [0.4, 0.5) is 4.39 Å². The van der Waals surface area contributed by atoms with E-state index in [-0.39, 0.29) is 5.56 Å². The Hall–Kier alpha value is -0.890. The lowest BCUT2D eigenvalue weighted by atomic mass is 9.68. The molecule has 0 amide bonds. The molecule has 0 aromatic heterocycles. The van der Waals surface area contributed by atoms with E-state index in [1.165, 1.54) is 102 Å². The van der Waals surface area contributed by atoms with Crippen LogP contribution >= 0.6 is 11.6 Å². The first-order valence-corrected chi connectivity index (χ1v) is 13.4. The van der Waals surface area contributed by atoms with Gasteiger partial charge in [0, 0.05) is 0 Å². The molecule has 2 aliphatic rings. The Bertz CT molecular complexity index is 686. The van der Waals surface area contributed by atoms with Crippen LogP contribution in [0.25, 0.3) is 0 Å². The second-order valence-electron chi connectivity index (χ2n) is 10.5. The van der Waals surface area contributed by atoms with Crippen molar-refractivity contribution in [3.8, 4) is 0 Å². The minimum Gasteiger partial charge on any atom is -0.275 e. The molecule has 1 aromatic carbocycles. The van der Waals surface area contributed by atoms with Gasteiger partial charge in [0.15, 0.2) is 0 Å². The molecule has 0 heterocycles. The van der Waals surface area contributed by atoms with Gasteiger partial charge in [-0.15, -0.1) is 0 Å². The number of unbranched alkanes of at least 4 members (excludes halogenated alkanes) is 3. The molecule has 0 radical (unpaired) electrons. The zero-order valence-electron chi connectivity index (χ0n) is 19.6. The smallest absolute Gasteiger partial charge is 0.255 e. The maximum absolute atomic E-state index is 14.1. The average Bonchev–Trinajstić information content (AvgIpc) is 2.78. The van der Waals surface area contributed by atoms with Crippen LogP contribution in [0, 0.1) is 17.2 Å². The summed E-state index contributed by atoms with van der Waals surface area (Å²) >= 11 is 5.44. The highest BCUT2D eigenvalue weighted by Gasteiger charge is 2.31. The molecular weight excluding hydrogens is 407 g/mol. The molecule has 2 saturated carbocycles. The maximum atomic E-state index is 14.1. The van der Waals surface area contributed by atoms with Crippen molar-refractivity contribution in [2.45, 2.75) is 122 Å². The van der Waals surface area contributed by atoms with Crippen LogP contribution in [-0.2, 0) is 0 Å². The van der Waals surface area contributed by atoms with E-state index in [4.69, 9.17) is 11.6 Å². The number of hydrogen-bond acceptors (Lipinski definition) is 1. The monoisotopic (exact) mass is 448 g/mol. The van der Waals surface area contributed by atoms with E-state index >= 15 is 0 Å². The van der Waals surface area contributed by atoms with E-state index in [2.05, 4.69) is 6.92 Å². The summed E-state index contributed by atoms with van der Waals surface area (Å²) < 4.78 is 14.1. The van der Waals surface area contributed by atoms with Crippen molar-refractivity contribution >= 4 is 16.8 Å². The van der Waals surface area contributed by atoms with Gasteiger partial charge in [0.25, 0.3) is 5.24 Å². The molecule has 3 heteroatoms. The second-order valence-corrected chi connectivity index (χ2v) is 10.8. The lowest BCUT2D eigenvalue weighted by Crippen LogP contribution is -2.24. The topological polar surface area (TPSA) is 17.1 Å². The number of halogens is 2. The number of carbonyl (C=O) groups is 1. The van der Waals surface area contributed by atoms with E-state index in [1.54, 1.807) is 6.07 Å². The Morgan fingerprint density at radius 3 is 2.29 bits per heavy atom. The normalized spacial score (nSPS) is 23.6. The Morgan fingerprint density at radius 2 is 1.68 bits per heavy atom. The van der Waals surface area contributed by atoms with E-state index < -0.39 is 11.1 Å². The Labute approximate surface area is 194 Å². The van der Waals surface area contributed by atoms with Gasteiger partial charge in [-0.05, 0) is 97.9 Å². The number of benzene rings is 1. The zero-order chi connectivity index (χ0) is 22.1. The fourth-order valence-electron chi connectivity index (χ4n) is 6.34.